The quantitative estimate of drug-likeness (QED) is 0.720. The van der Waals surface area contributed by atoms with Crippen LogP contribution >= 0.6 is 11.8 Å². The molecular weight excluding hydrogens is 415 g/mol. The zero-order valence-electron chi connectivity index (χ0n) is 15.4. The summed E-state index contributed by atoms with van der Waals surface area (Å²) in [5, 5.41) is 0.322. The van der Waals surface area contributed by atoms with E-state index >= 15 is 0 Å². The number of fused-ring (bicyclic) bond motifs is 1. The fourth-order valence-corrected chi connectivity index (χ4v) is 7.38. The molecule has 2 aliphatic rings. The minimum Gasteiger partial charge on any atom is -0.484 e. The molecule has 6 nitrogen and oxygen atoms in total. The van der Waals surface area contributed by atoms with Crippen molar-refractivity contribution in [3.05, 3.63) is 66.0 Å². The second kappa shape index (κ2) is 8.16. The SMILES string of the molecule is O=C(COc1ccccc1)N=C1S[C@H]2CS(=O)(=O)C[C@H]2N1Cc1ccc(F)cc1. The molecule has 0 aliphatic carbocycles. The van der Waals surface area contributed by atoms with Gasteiger partial charge in [0.05, 0.1) is 17.5 Å². The van der Waals surface area contributed by atoms with Crippen LogP contribution in [-0.2, 0) is 21.2 Å². The van der Waals surface area contributed by atoms with E-state index in [2.05, 4.69) is 4.99 Å². The number of halogens is 1. The zero-order chi connectivity index (χ0) is 20.4. The highest BCUT2D eigenvalue weighted by Crippen LogP contribution is 2.39. The normalized spacial score (nSPS) is 23.9. The molecule has 2 fully saturated rings. The molecule has 1 amide bonds. The predicted octanol–water partition coefficient (Wildman–Crippen LogP) is 2.50. The molecule has 0 unspecified atom stereocenters. The van der Waals surface area contributed by atoms with Gasteiger partial charge in [0, 0.05) is 11.8 Å². The fourth-order valence-electron chi connectivity index (χ4n) is 3.41. The molecule has 2 aromatic carbocycles. The number of sulfone groups is 1. The summed E-state index contributed by atoms with van der Waals surface area (Å²) in [6, 6.07) is 14.7. The maximum atomic E-state index is 13.2. The molecule has 2 heterocycles. The molecule has 2 aromatic rings. The second-order valence-electron chi connectivity index (χ2n) is 6.94. The fraction of sp³-hybridized carbons (Fsp3) is 0.300. The molecule has 0 saturated carbocycles. The zero-order valence-corrected chi connectivity index (χ0v) is 17.0. The van der Waals surface area contributed by atoms with E-state index in [4.69, 9.17) is 4.74 Å². The van der Waals surface area contributed by atoms with Gasteiger partial charge >= 0.3 is 0 Å². The van der Waals surface area contributed by atoms with Gasteiger partial charge in [0.25, 0.3) is 5.91 Å². The molecule has 152 valence electrons. The number of amides is 1. The number of hydrogen-bond donors (Lipinski definition) is 0. The van der Waals surface area contributed by atoms with Crippen LogP contribution in [0.5, 0.6) is 5.75 Å². The first-order valence-corrected chi connectivity index (χ1v) is 11.8. The molecular formula is C20H19FN2O4S2. The second-order valence-corrected chi connectivity index (χ2v) is 10.3. The van der Waals surface area contributed by atoms with Gasteiger partial charge in [-0.05, 0) is 29.8 Å². The number of rotatable bonds is 5. The van der Waals surface area contributed by atoms with Crippen molar-refractivity contribution in [1.82, 2.24) is 4.90 Å². The van der Waals surface area contributed by atoms with Crippen LogP contribution in [0.3, 0.4) is 0 Å². The summed E-state index contributed by atoms with van der Waals surface area (Å²) in [5.41, 5.74) is 0.817. The number of amidine groups is 1. The van der Waals surface area contributed by atoms with Gasteiger partial charge in [-0.3, -0.25) is 4.79 Å². The van der Waals surface area contributed by atoms with E-state index in [9.17, 15) is 17.6 Å². The lowest BCUT2D eigenvalue weighted by Gasteiger charge is -2.24. The Hall–Kier alpha value is -2.39. The molecule has 9 heteroatoms. The topological polar surface area (TPSA) is 76.0 Å². The number of carbonyl (C=O) groups is 1. The first-order valence-electron chi connectivity index (χ1n) is 9.07. The van der Waals surface area contributed by atoms with E-state index in [0.717, 1.165) is 5.56 Å². The smallest absolute Gasteiger partial charge is 0.285 e. The Morgan fingerprint density at radius 1 is 1.14 bits per heavy atom. The number of para-hydroxylation sites is 1. The summed E-state index contributed by atoms with van der Waals surface area (Å²) < 4.78 is 42.8. The summed E-state index contributed by atoms with van der Waals surface area (Å²) >= 11 is 1.31. The van der Waals surface area contributed by atoms with Crippen LogP contribution in [0.25, 0.3) is 0 Å². The van der Waals surface area contributed by atoms with Crippen LogP contribution < -0.4 is 4.74 Å². The Balaban J connectivity index is 1.51. The number of ether oxygens (including phenoxy) is 1. The van der Waals surface area contributed by atoms with E-state index in [1.54, 1.807) is 24.3 Å². The average Bonchev–Trinajstić information content (AvgIpc) is 3.15. The van der Waals surface area contributed by atoms with Gasteiger partial charge in [-0.2, -0.15) is 4.99 Å². The van der Waals surface area contributed by atoms with E-state index in [1.807, 2.05) is 23.1 Å². The Kier molecular flexibility index (Phi) is 5.60. The Bertz CT molecular complexity index is 1030. The van der Waals surface area contributed by atoms with Crippen molar-refractivity contribution in [1.29, 1.82) is 0 Å². The standard InChI is InChI=1S/C20H19FN2O4S2/c21-15-8-6-14(7-9-15)10-23-17-12-29(25,26)13-18(17)28-20(23)22-19(24)11-27-16-4-2-1-3-5-16/h1-9,17-18H,10-13H2/t17-,18+/m1/s1. The van der Waals surface area contributed by atoms with Crippen LogP contribution in [0, 0.1) is 5.82 Å². The van der Waals surface area contributed by atoms with Crippen molar-refractivity contribution in [3.63, 3.8) is 0 Å². The van der Waals surface area contributed by atoms with Gasteiger partial charge in [0.2, 0.25) is 0 Å². The summed E-state index contributed by atoms with van der Waals surface area (Å²) in [6.45, 7) is 0.154. The molecule has 0 N–H and O–H groups in total. The third-order valence-electron chi connectivity index (χ3n) is 4.77. The van der Waals surface area contributed by atoms with Gasteiger partial charge in [-0.1, -0.05) is 42.1 Å². The van der Waals surface area contributed by atoms with E-state index in [1.165, 1.54) is 23.9 Å². The molecule has 2 aliphatic heterocycles. The average molecular weight is 435 g/mol. The minimum absolute atomic E-state index is 0.0274. The van der Waals surface area contributed by atoms with E-state index < -0.39 is 15.7 Å². The summed E-state index contributed by atoms with van der Waals surface area (Å²) in [7, 11) is -3.12. The first kappa shape index (κ1) is 19.9. The molecule has 4 rings (SSSR count). The van der Waals surface area contributed by atoms with Gasteiger partial charge in [-0.25, -0.2) is 12.8 Å². The van der Waals surface area contributed by atoms with Crippen LogP contribution in [0.1, 0.15) is 5.56 Å². The highest BCUT2D eigenvalue weighted by Gasteiger charge is 2.48. The number of thioether (sulfide) groups is 1. The van der Waals surface area contributed by atoms with Crippen molar-refractivity contribution < 1.29 is 22.3 Å². The predicted molar refractivity (Wildman–Crippen MR) is 110 cm³/mol. The van der Waals surface area contributed by atoms with Crippen molar-refractivity contribution in [2.75, 3.05) is 18.1 Å². The third kappa shape index (κ3) is 4.79. The third-order valence-corrected chi connectivity index (χ3v) is 8.01. The highest BCUT2D eigenvalue weighted by molar-refractivity contribution is 8.15. The van der Waals surface area contributed by atoms with Gasteiger partial charge < -0.3 is 9.64 Å². The minimum atomic E-state index is -3.12. The molecule has 2 atom stereocenters. The number of benzene rings is 2. The van der Waals surface area contributed by atoms with Gasteiger partial charge in [0.1, 0.15) is 11.6 Å². The van der Waals surface area contributed by atoms with Crippen molar-refractivity contribution in [2.24, 2.45) is 4.99 Å². The summed E-state index contributed by atoms with van der Waals surface area (Å²) in [6.07, 6.45) is 0. The summed E-state index contributed by atoms with van der Waals surface area (Å²) in [4.78, 5) is 18.4. The lowest BCUT2D eigenvalue weighted by molar-refractivity contribution is -0.119. The molecule has 0 radical (unpaired) electrons. The van der Waals surface area contributed by atoms with Crippen molar-refractivity contribution in [2.45, 2.75) is 17.8 Å². The van der Waals surface area contributed by atoms with E-state index in [0.29, 0.717) is 17.5 Å². The number of aliphatic imine (C=N–C) groups is 1. The Morgan fingerprint density at radius 3 is 2.59 bits per heavy atom. The lowest BCUT2D eigenvalue weighted by atomic mass is 10.1. The highest BCUT2D eigenvalue weighted by atomic mass is 32.2. The largest absolute Gasteiger partial charge is 0.484 e. The van der Waals surface area contributed by atoms with Crippen LogP contribution in [0.15, 0.2) is 59.6 Å². The number of carbonyl (C=O) groups excluding carboxylic acids is 1. The van der Waals surface area contributed by atoms with Crippen LogP contribution in [-0.4, -0.2) is 53.8 Å². The maximum Gasteiger partial charge on any atom is 0.285 e. The Labute approximate surface area is 172 Å². The molecule has 2 saturated heterocycles. The number of hydrogen-bond acceptors (Lipinski definition) is 5. The van der Waals surface area contributed by atoms with Gasteiger partial charge in [0.15, 0.2) is 21.6 Å². The monoisotopic (exact) mass is 434 g/mol. The van der Waals surface area contributed by atoms with Crippen molar-refractivity contribution in [3.8, 4) is 5.75 Å². The van der Waals surface area contributed by atoms with Crippen LogP contribution in [0.2, 0.25) is 0 Å². The Morgan fingerprint density at radius 2 is 1.86 bits per heavy atom. The maximum absolute atomic E-state index is 13.2. The molecule has 29 heavy (non-hydrogen) atoms. The summed E-state index contributed by atoms with van der Waals surface area (Å²) in [5.74, 6) is -0.113. The lowest BCUT2D eigenvalue weighted by Crippen LogP contribution is -2.37. The molecule has 0 bridgehead atoms. The van der Waals surface area contributed by atoms with E-state index in [-0.39, 0.29) is 35.2 Å². The molecule has 0 aromatic heterocycles. The van der Waals surface area contributed by atoms with Gasteiger partial charge in [-0.15, -0.1) is 0 Å². The first-order chi connectivity index (χ1) is 13.9. The van der Waals surface area contributed by atoms with Crippen LogP contribution in [0.4, 0.5) is 4.39 Å². The molecule has 0 spiro atoms. The number of nitrogens with zero attached hydrogens (tertiary/aromatic N) is 2. The van der Waals surface area contributed by atoms with Crippen molar-refractivity contribution >= 4 is 32.7 Å².